The number of ether oxygens (including phenoxy) is 1. The second kappa shape index (κ2) is 8.78. The van der Waals surface area contributed by atoms with Crippen LogP contribution in [-0.2, 0) is 6.54 Å². The summed E-state index contributed by atoms with van der Waals surface area (Å²) in [6.07, 6.45) is 3.70. The van der Waals surface area contributed by atoms with E-state index in [0.29, 0.717) is 13.2 Å². The molecule has 0 bridgehead atoms. The van der Waals surface area contributed by atoms with Gasteiger partial charge >= 0.3 is 6.03 Å². The topological polar surface area (TPSA) is 57.7 Å². The SMILES string of the molecule is O=C1NCCOc2ccccc2C(c2ccccc2)N1C1CN(Cc2cccnc2)C1. The van der Waals surface area contributed by atoms with Crippen molar-refractivity contribution in [2.45, 2.75) is 18.6 Å². The predicted octanol–water partition coefficient (Wildman–Crippen LogP) is 3.46. The number of benzene rings is 2. The van der Waals surface area contributed by atoms with E-state index in [-0.39, 0.29) is 18.1 Å². The fourth-order valence-corrected chi connectivity index (χ4v) is 4.46. The van der Waals surface area contributed by atoms with Gasteiger partial charge in [0.25, 0.3) is 0 Å². The number of likely N-dealkylation sites (tertiary alicyclic amines) is 1. The quantitative estimate of drug-likeness (QED) is 0.710. The van der Waals surface area contributed by atoms with Crippen molar-refractivity contribution in [2.24, 2.45) is 0 Å². The fraction of sp³-hybridized carbons (Fsp3) is 0.280. The molecule has 2 amide bonds. The zero-order chi connectivity index (χ0) is 21.0. The maximum atomic E-state index is 13.3. The summed E-state index contributed by atoms with van der Waals surface area (Å²) in [5.41, 5.74) is 3.30. The van der Waals surface area contributed by atoms with Crippen LogP contribution in [0, 0.1) is 0 Å². The molecule has 0 spiro atoms. The third-order valence-corrected chi connectivity index (χ3v) is 5.94. The van der Waals surface area contributed by atoms with Gasteiger partial charge in [-0.3, -0.25) is 9.88 Å². The smallest absolute Gasteiger partial charge is 0.318 e. The van der Waals surface area contributed by atoms with Gasteiger partial charge in [0.15, 0.2) is 0 Å². The first kappa shape index (κ1) is 19.6. The Kier molecular flexibility index (Phi) is 5.54. The second-order valence-corrected chi connectivity index (χ2v) is 8.05. The number of carbonyl (C=O) groups is 1. The van der Waals surface area contributed by atoms with Crippen LogP contribution in [0.25, 0.3) is 0 Å². The largest absolute Gasteiger partial charge is 0.491 e. The number of hydrogen-bond donors (Lipinski definition) is 1. The second-order valence-electron chi connectivity index (χ2n) is 8.05. The number of urea groups is 1. The summed E-state index contributed by atoms with van der Waals surface area (Å²) < 4.78 is 6.03. The van der Waals surface area contributed by atoms with E-state index in [4.69, 9.17) is 4.74 Å². The standard InChI is InChI=1S/C25H26N4O2/c30-25-27-13-14-31-23-11-5-4-10-22(23)24(20-8-2-1-3-9-20)29(25)21-17-28(18-21)16-19-7-6-12-26-15-19/h1-12,15,21,24H,13-14,16-18H2,(H,27,30). The molecule has 1 unspecified atom stereocenters. The van der Waals surface area contributed by atoms with Crippen LogP contribution in [0.2, 0.25) is 0 Å². The third-order valence-electron chi connectivity index (χ3n) is 5.94. The lowest BCUT2D eigenvalue weighted by atomic mass is 9.93. The van der Waals surface area contributed by atoms with Gasteiger partial charge in [0.2, 0.25) is 0 Å². The van der Waals surface area contributed by atoms with Crippen LogP contribution in [0.4, 0.5) is 4.79 Å². The molecule has 0 saturated carbocycles. The van der Waals surface area contributed by atoms with Gasteiger partial charge in [-0.2, -0.15) is 0 Å². The van der Waals surface area contributed by atoms with Crippen molar-refractivity contribution in [1.82, 2.24) is 20.1 Å². The van der Waals surface area contributed by atoms with Crippen LogP contribution in [0.3, 0.4) is 0 Å². The number of amides is 2. The van der Waals surface area contributed by atoms with Crippen LogP contribution < -0.4 is 10.1 Å². The van der Waals surface area contributed by atoms with E-state index in [1.54, 1.807) is 6.20 Å². The molecule has 0 aliphatic carbocycles. The number of carbonyl (C=O) groups excluding carboxylic acids is 1. The first-order valence-electron chi connectivity index (χ1n) is 10.7. The Labute approximate surface area is 182 Å². The molecule has 1 atom stereocenters. The van der Waals surface area contributed by atoms with Crippen molar-refractivity contribution >= 4 is 6.03 Å². The molecule has 158 valence electrons. The van der Waals surface area contributed by atoms with Gasteiger partial charge in [-0.05, 0) is 23.3 Å². The van der Waals surface area contributed by atoms with E-state index < -0.39 is 0 Å². The Morgan fingerprint density at radius 2 is 1.81 bits per heavy atom. The highest BCUT2D eigenvalue weighted by Crippen LogP contribution is 2.38. The molecule has 5 rings (SSSR count). The van der Waals surface area contributed by atoms with E-state index in [2.05, 4.69) is 39.5 Å². The molecule has 6 nitrogen and oxygen atoms in total. The molecule has 1 N–H and O–H groups in total. The minimum absolute atomic E-state index is 0.0415. The number of para-hydroxylation sites is 1. The van der Waals surface area contributed by atoms with Crippen LogP contribution in [-0.4, -0.2) is 53.1 Å². The van der Waals surface area contributed by atoms with Gasteiger partial charge in [-0.25, -0.2) is 4.79 Å². The first-order valence-corrected chi connectivity index (χ1v) is 10.7. The number of pyridine rings is 1. The Bertz CT molecular complexity index is 1020. The highest BCUT2D eigenvalue weighted by molar-refractivity contribution is 5.76. The fourth-order valence-electron chi connectivity index (χ4n) is 4.46. The number of nitrogens with zero attached hydrogens (tertiary/aromatic N) is 3. The number of aromatic nitrogens is 1. The van der Waals surface area contributed by atoms with Crippen LogP contribution in [0.15, 0.2) is 79.1 Å². The molecule has 6 heteroatoms. The molecule has 3 heterocycles. The highest BCUT2D eigenvalue weighted by atomic mass is 16.5. The molecule has 2 aromatic carbocycles. The molecule has 2 aliphatic heterocycles. The predicted molar refractivity (Wildman–Crippen MR) is 119 cm³/mol. The number of fused-ring (bicyclic) bond motifs is 1. The average Bonchev–Trinajstić information content (AvgIpc) is 2.85. The summed E-state index contributed by atoms with van der Waals surface area (Å²) in [7, 11) is 0. The molecule has 0 radical (unpaired) electrons. The zero-order valence-electron chi connectivity index (χ0n) is 17.4. The molecule has 3 aromatic rings. The number of nitrogens with one attached hydrogen (secondary N) is 1. The summed E-state index contributed by atoms with van der Waals surface area (Å²) in [4.78, 5) is 21.9. The lowest BCUT2D eigenvalue weighted by molar-refractivity contribution is 0.0347. The lowest BCUT2D eigenvalue weighted by Crippen LogP contribution is -2.62. The molecular weight excluding hydrogens is 388 g/mol. The minimum atomic E-state index is -0.207. The number of rotatable bonds is 4. The van der Waals surface area contributed by atoms with E-state index in [0.717, 1.165) is 36.5 Å². The average molecular weight is 415 g/mol. The van der Waals surface area contributed by atoms with Gasteiger partial charge in [-0.15, -0.1) is 0 Å². The van der Waals surface area contributed by atoms with Gasteiger partial charge in [0.1, 0.15) is 12.4 Å². The van der Waals surface area contributed by atoms with Crippen LogP contribution >= 0.6 is 0 Å². The zero-order valence-corrected chi connectivity index (χ0v) is 17.4. The number of hydrogen-bond acceptors (Lipinski definition) is 4. The normalized spacial score (nSPS) is 19.8. The maximum absolute atomic E-state index is 13.3. The first-order chi connectivity index (χ1) is 15.3. The van der Waals surface area contributed by atoms with Gasteiger partial charge in [0.05, 0.1) is 18.6 Å². The van der Waals surface area contributed by atoms with Gasteiger partial charge < -0.3 is 15.0 Å². The molecule has 2 aliphatic rings. The third kappa shape index (κ3) is 4.11. The van der Waals surface area contributed by atoms with Crippen molar-refractivity contribution in [1.29, 1.82) is 0 Å². The van der Waals surface area contributed by atoms with E-state index in [9.17, 15) is 4.79 Å². The lowest BCUT2D eigenvalue weighted by Gasteiger charge is -2.48. The summed E-state index contributed by atoms with van der Waals surface area (Å²) in [6, 6.07) is 22.2. The Hall–Kier alpha value is -3.38. The van der Waals surface area contributed by atoms with Crippen molar-refractivity contribution < 1.29 is 9.53 Å². The molecular formula is C25H26N4O2. The molecule has 1 aromatic heterocycles. The van der Waals surface area contributed by atoms with Crippen molar-refractivity contribution in [3.63, 3.8) is 0 Å². The Balaban J connectivity index is 1.47. The van der Waals surface area contributed by atoms with Gasteiger partial charge in [0, 0.05) is 37.6 Å². The minimum Gasteiger partial charge on any atom is -0.491 e. The summed E-state index contributed by atoms with van der Waals surface area (Å²) >= 11 is 0. The highest BCUT2D eigenvalue weighted by Gasteiger charge is 2.40. The maximum Gasteiger partial charge on any atom is 0.318 e. The summed E-state index contributed by atoms with van der Waals surface area (Å²) in [5, 5.41) is 3.06. The molecule has 31 heavy (non-hydrogen) atoms. The Morgan fingerprint density at radius 1 is 1.00 bits per heavy atom. The van der Waals surface area contributed by atoms with Crippen molar-refractivity contribution in [3.8, 4) is 5.75 Å². The van der Waals surface area contributed by atoms with Gasteiger partial charge in [-0.1, -0.05) is 54.6 Å². The van der Waals surface area contributed by atoms with E-state index >= 15 is 0 Å². The molecule has 1 fully saturated rings. The Morgan fingerprint density at radius 3 is 2.61 bits per heavy atom. The van der Waals surface area contributed by atoms with E-state index in [1.165, 1.54) is 5.56 Å². The van der Waals surface area contributed by atoms with Crippen molar-refractivity contribution in [2.75, 3.05) is 26.2 Å². The molecule has 1 saturated heterocycles. The van der Waals surface area contributed by atoms with Crippen LogP contribution in [0.5, 0.6) is 5.75 Å². The van der Waals surface area contributed by atoms with E-state index in [1.807, 2.05) is 53.6 Å². The van der Waals surface area contributed by atoms with Crippen LogP contribution in [0.1, 0.15) is 22.7 Å². The summed E-state index contributed by atoms with van der Waals surface area (Å²) in [6.45, 7) is 3.44. The summed E-state index contributed by atoms with van der Waals surface area (Å²) in [5.74, 6) is 0.837. The monoisotopic (exact) mass is 414 g/mol. The van der Waals surface area contributed by atoms with Crippen molar-refractivity contribution in [3.05, 3.63) is 95.8 Å².